The zero-order chi connectivity index (χ0) is 11.3. The second-order valence-electron chi connectivity index (χ2n) is 3.66. The summed E-state index contributed by atoms with van der Waals surface area (Å²) in [4.78, 5) is 34.5. The molecule has 0 unspecified atom stereocenters. The maximum Gasteiger partial charge on any atom is 0.315 e. The predicted octanol–water partition coefficient (Wildman–Crippen LogP) is 1.11. The summed E-state index contributed by atoms with van der Waals surface area (Å²) in [6.07, 6.45) is -0.103. The van der Waals surface area contributed by atoms with E-state index in [2.05, 4.69) is 0 Å². The first-order chi connectivity index (χ1) is 7.68. The smallest absolute Gasteiger partial charge is 0.315 e. The maximum absolute atomic E-state index is 11.7. The first-order valence-electron chi connectivity index (χ1n) is 4.81. The fourth-order valence-electron chi connectivity index (χ4n) is 1.98. The van der Waals surface area contributed by atoms with Gasteiger partial charge in [0.1, 0.15) is 5.76 Å². The van der Waals surface area contributed by atoms with Crippen molar-refractivity contribution < 1.29 is 19.1 Å². The Kier molecular flexibility index (Phi) is 1.63. The lowest BCUT2D eigenvalue weighted by atomic mass is 9.88. The van der Waals surface area contributed by atoms with Gasteiger partial charge in [-0.2, -0.15) is 0 Å². The summed E-state index contributed by atoms with van der Waals surface area (Å²) in [6.45, 7) is 0. The Morgan fingerprint density at radius 1 is 0.938 bits per heavy atom. The monoisotopic (exact) mass is 214 g/mol. The minimum atomic E-state index is -0.625. The third-order valence-corrected chi connectivity index (χ3v) is 2.71. The molecule has 0 radical (unpaired) electrons. The topological polar surface area (TPSA) is 60.4 Å². The van der Waals surface area contributed by atoms with Crippen LogP contribution in [-0.2, 0) is 14.3 Å². The molecule has 0 saturated heterocycles. The van der Waals surface area contributed by atoms with Crippen molar-refractivity contribution >= 4 is 23.3 Å². The standard InChI is InChI=1S/C12H6O4/c13-9-5-8-11(15)10(14)6-3-1-2-4-7(6)12(8)16-9/h1-4H,5H2. The maximum atomic E-state index is 11.7. The molecule has 1 aromatic carbocycles. The molecule has 0 N–H and O–H groups in total. The van der Waals surface area contributed by atoms with Crippen molar-refractivity contribution in [3.05, 3.63) is 41.0 Å². The van der Waals surface area contributed by atoms with Crippen LogP contribution in [-0.4, -0.2) is 17.5 Å². The van der Waals surface area contributed by atoms with E-state index in [1.54, 1.807) is 24.3 Å². The molecule has 0 fully saturated rings. The molecule has 0 atom stereocenters. The van der Waals surface area contributed by atoms with E-state index in [0.717, 1.165) is 0 Å². The van der Waals surface area contributed by atoms with Crippen molar-refractivity contribution in [2.24, 2.45) is 0 Å². The van der Waals surface area contributed by atoms with Crippen LogP contribution in [0.4, 0.5) is 0 Å². The van der Waals surface area contributed by atoms with Crippen molar-refractivity contribution in [3.63, 3.8) is 0 Å². The van der Waals surface area contributed by atoms with Gasteiger partial charge in [0.25, 0.3) is 0 Å². The molecule has 4 heteroatoms. The SMILES string of the molecule is O=C1CC2=C(O1)c1ccccc1C(=O)C2=O. The average molecular weight is 214 g/mol. The largest absolute Gasteiger partial charge is 0.425 e. The molecule has 1 aliphatic carbocycles. The van der Waals surface area contributed by atoms with E-state index in [-0.39, 0.29) is 17.8 Å². The van der Waals surface area contributed by atoms with Crippen molar-refractivity contribution in [3.8, 4) is 0 Å². The Bertz CT molecular complexity index is 580. The van der Waals surface area contributed by atoms with Gasteiger partial charge in [-0.05, 0) is 0 Å². The van der Waals surface area contributed by atoms with Gasteiger partial charge in [-0.25, -0.2) is 0 Å². The Morgan fingerprint density at radius 3 is 2.38 bits per heavy atom. The molecule has 1 heterocycles. The molecule has 0 amide bonds. The van der Waals surface area contributed by atoms with Gasteiger partial charge < -0.3 is 4.74 Å². The Labute approximate surface area is 90.5 Å². The molecule has 0 bridgehead atoms. The van der Waals surface area contributed by atoms with Crippen molar-refractivity contribution in [1.29, 1.82) is 0 Å². The highest BCUT2D eigenvalue weighted by atomic mass is 16.5. The van der Waals surface area contributed by atoms with Gasteiger partial charge >= 0.3 is 5.97 Å². The fourth-order valence-corrected chi connectivity index (χ4v) is 1.98. The minimum Gasteiger partial charge on any atom is -0.425 e. The molecular formula is C12H6O4. The quantitative estimate of drug-likeness (QED) is 0.479. The van der Waals surface area contributed by atoms with Gasteiger partial charge in [0.2, 0.25) is 11.6 Å². The lowest BCUT2D eigenvalue weighted by molar-refractivity contribution is -0.134. The molecule has 3 rings (SSSR count). The van der Waals surface area contributed by atoms with E-state index in [9.17, 15) is 14.4 Å². The number of Topliss-reactive ketones (excluding diaryl/α,β-unsaturated/α-hetero) is 2. The number of fused-ring (bicyclic) bond motifs is 2. The van der Waals surface area contributed by atoms with Crippen molar-refractivity contribution in [2.45, 2.75) is 6.42 Å². The third kappa shape index (κ3) is 1.01. The Hall–Kier alpha value is -2.23. The summed E-state index contributed by atoms with van der Waals surface area (Å²) in [5, 5.41) is 0. The Morgan fingerprint density at radius 2 is 1.62 bits per heavy atom. The first-order valence-corrected chi connectivity index (χ1v) is 4.81. The van der Waals surface area contributed by atoms with Gasteiger partial charge in [0.15, 0.2) is 0 Å². The summed E-state index contributed by atoms with van der Waals surface area (Å²) < 4.78 is 4.98. The molecule has 0 saturated carbocycles. The number of ether oxygens (including phenoxy) is 1. The van der Waals surface area contributed by atoms with Crippen molar-refractivity contribution in [2.75, 3.05) is 0 Å². The normalized spacial score (nSPS) is 18.4. The van der Waals surface area contributed by atoms with Crippen LogP contribution >= 0.6 is 0 Å². The van der Waals surface area contributed by atoms with Gasteiger partial charge in [-0.3, -0.25) is 14.4 Å². The van der Waals surface area contributed by atoms with E-state index in [1.807, 2.05) is 0 Å². The highest BCUT2D eigenvalue weighted by molar-refractivity contribution is 6.53. The second kappa shape index (κ2) is 2.88. The van der Waals surface area contributed by atoms with Gasteiger partial charge in [-0.1, -0.05) is 24.3 Å². The van der Waals surface area contributed by atoms with Crippen LogP contribution in [0.25, 0.3) is 5.76 Å². The van der Waals surface area contributed by atoms with Crippen LogP contribution in [0, 0.1) is 0 Å². The van der Waals surface area contributed by atoms with Crippen LogP contribution in [0.15, 0.2) is 29.8 Å². The summed E-state index contributed by atoms with van der Waals surface area (Å²) in [5.74, 6) is -1.42. The number of carbonyl (C=O) groups is 3. The highest BCUT2D eigenvalue weighted by Gasteiger charge is 2.39. The third-order valence-electron chi connectivity index (χ3n) is 2.71. The summed E-state index contributed by atoms with van der Waals surface area (Å²) in [5.41, 5.74) is 1.03. The average Bonchev–Trinajstić information content (AvgIpc) is 2.68. The minimum absolute atomic E-state index is 0.103. The van der Waals surface area contributed by atoms with Crippen LogP contribution in [0.2, 0.25) is 0 Å². The first kappa shape index (κ1) is 9.03. The molecule has 2 aliphatic rings. The molecule has 16 heavy (non-hydrogen) atoms. The van der Waals surface area contributed by atoms with Crippen LogP contribution in [0.3, 0.4) is 0 Å². The summed E-state index contributed by atoms with van der Waals surface area (Å²) in [6, 6.07) is 6.64. The number of rotatable bonds is 0. The van der Waals surface area contributed by atoms with E-state index in [1.165, 1.54) is 0 Å². The predicted molar refractivity (Wildman–Crippen MR) is 53.4 cm³/mol. The zero-order valence-corrected chi connectivity index (χ0v) is 8.15. The Balaban J connectivity index is 2.30. The zero-order valence-electron chi connectivity index (χ0n) is 8.15. The molecule has 4 nitrogen and oxygen atoms in total. The van der Waals surface area contributed by atoms with E-state index in [0.29, 0.717) is 11.1 Å². The van der Waals surface area contributed by atoms with Crippen molar-refractivity contribution in [1.82, 2.24) is 0 Å². The molecule has 0 aromatic heterocycles. The molecule has 0 spiro atoms. The number of carbonyl (C=O) groups excluding carboxylic acids is 3. The molecule has 1 aromatic rings. The highest BCUT2D eigenvalue weighted by Crippen LogP contribution is 2.36. The number of benzene rings is 1. The van der Waals surface area contributed by atoms with Gasteiger partial charge in [0.05, 0.1) is 12.0 Å². The molecular weight excluding hydrogens is 208 g/mol. The van der Waals surface area contributed by atoms with Crippen LogP contribution in [0.5, 0.6) is 0 Å². The van der Waals surface area contributed by atoms with E-state index in [4.69, 9.17) is 4.74 Å². The van der Waals surface area contributed by atoms with Gasteiger partial charge in [0, 0.05) is 11.1 Å². The molecule has 1 aliphatic heterocycles. The summed E-state index contributed by atoms with van der Waals surface area (Å²) in [7, 11) is 0. The van der Waals surface area contributed by atoms with Gasteiger partial charge in [-0.15, -0.1) is 0 Å². The summed E-state index contributed by atoms with van der Waals surface area (Å²) >= 11 is 0. The lowest BCUT2D eigenvalue weighted by Gasteiger charge is -2.13. The van der Waals surface area contributed by atoms with E-state index >= 15 is 0 Å². The van der Waals surface area contributed by atoms with Crippen LogP contribution < -0.4 is 0 Å². The number of esters is 1. The lowest BCUT2D eigenvalue weighted by Crippen LogP contribution is -2.22. The molecule has 78 valence electrons. The second-order valence-corrected chi connectivity index (χ2v) is 3.66. The van der Waals surface area contributed by atoms with Crippen LogP contribution in [0.1, 0.15) is 22.3 Å². The number of ketones is 2. The fraction of sp³-hybridized carbons (Fsp3) is 0.0833. The number of hydrogen-bond acceptors (Lipinski definition) is 4. The van der Waals surface area contributed by atoms with E-state index < -0.39 is 17.5 Å². The number of hydrogen-bond donors (Lipinski definition) is 0.